The Morgan fingerprint density at radius 1 is 1.31 bits per heavy atom. The fourth-order valence-electron chi connectivity index (χ4n) is 1.01. The van der Waals surface area contributed by atoms with E-state index in [4.69, 9.17) is 9.47 Å². The average molecular weight is 399 g/mol. The molecule has 0 amide bonds. The predicted molar refractivity (Wildman–Crippen MR) is 56.0 cm³/mol. The Morgan fingerprint density at radius 2 is 1.81 bits per heavy atom. The van der Waals surface area contributed by atoms with Crippen LogP contribution in [0.5, 0.6) is 0 Å². The fourth-order valence-corrected chi connectivity index (χ4v) is 1.01. The minimum atomic E-state index is -0.515. The largest absolute Gasteiger partial charge is 0.465 e. The summed E-state index contributed by atoms with van der Waals surface area (Å²) in [4.78, 5) is 22.0. The molecule has 0 aliphatic carbocycles. The summed E-state index contributed by atoms with van der Waals surface area (Å²) in [6.45, 7) is 10.3. The second-order valence-corrected chi connectivity index (χ2v) is 4.31. The summed E-state index contributed by atoms with van der Waals surface area (Å²) in [6, 6.07) is 0. The average Bonchev–Trinajstić information content (AvgIpc) is 1.98. The second kappa shape index (κ2) is 7.83. The van der Waals surface area contributed by atoms with Gasteiger partial charge in [-0.3, -0.25) is 9.59 Å². The van der Waals surface area contributed by atoms with E-state index in [2.05, 4.69) is 6.92 Å². The van der Waals surface area contributed by atoms with E-state index in [1.54, 1.807) is 20.8 Å². The number of ether oxygens (including phenoxy) is 2. The van der Waals surface area contributed by atoms with Gasteiger partial charge in [0.25, 0.3) is 0 Å². The van der Waals surface area contributed by atoms with Crippen LogP contribution in [0, 0.1) is 6.92 Å². The zero-order valence-electron chi connectivity index (χ0n) is 10.2. The van der Waals surface area contributed by atoms with Gasteiger partial charge in [0.1, 0.15) is 5.60 Å². The molecule has 0 aromatic rings. The second-order valence-electron chi connectivity index (χ2n) is 4.31. The number of carbonyl (C=O) groups is 2. The third-order valence-corrected chi connectivity index (χ3v) is 1.47. The van der Waals surface area contributed by atoms with Crippen LogP contribution in [-0.4, -0.2) is 23.6 Å². The molecule has 4 nitrogen and oxygen atoms in total. The number of carbonyl (C=O) groups excluding carboxylic acids is 2. The van der Waals surface area contributed by atoms with Gasteiger partial charge < -0.3 is 16.4 Å². The van der Waals surface area contributed by atoms with Crippen LogP contribution in [0.25, 0.3) is 0 Å². The van der Waals surface area contributed by atoms with Crippen LogP contribution in [-0.2, 0) is 40.1 Å². The normalized spacial score (nSPS) is 12.3. The van der Waals surface area contributed by atoms with Crippen molar-refractivity contribution in [3.63, 3.8) is 0 Å². The first-order valence-corrected chi connectivity index (χ1v) is 4.93. The number of esters is 2. The Morgan fingerprint density at radius 3 is 2.12 bits per heavy atom. The Kier molecular flexibility index (Phi) is 8.81. The maximum Gasteiger partial charge on any atom is 0.309 e. The molecule has 16 heavy (non-hydrogen) atoms. The molecule has 1 atom stereocenters. The van der Waals surface area contributed by atoms with Crippen LogP contribution in [0.3, 0.4) is 0 Å². The summed E-state index contributed by atoms with van der Waals surface area (Å²) in [7, 11) is 0. The fraction of sp³-hybridized carbons (Fsp3) is 0.727. The zero-order chi connectivity index (χ0) is 12.1. The summed E-state index contributed by atoms with van der Waals surface area (Å²) < 4.78 is 9.98. The van der Waals surface area contributed by atoms with Crippen LogP contribution in [0.15, 0.2) is 0 Å². The molecule has 0 bridgehead atoms. The minimum absolute atomic E-state index is 0. The molecule has 0 aromatic carbocycles. The standard InChI is InChI=1S/C11H19O4.W/c1-6-9(14-8(2)12)7-10(13)15-11(3,4)5;/h9H,1,6-7H2,2-5H3;/q-1;. The van der Waals surface area contributed by atoms with Crippen molar-refractivity contribution < 1.29 is 40.1 Å². The van der Waals surface area contributed by atoms with Crippen molar-refractivity contribution in [3.05, 3.63) is 6.92 Å². The molecule has 0 aliphatic rings. The smallest absolute Gasteiger partial charge is 0.309 e. The van der Waals surface area contributed by atoms with Gasteiger partial charge in [-0.25, -0.2) is 0 Å². The zero-order valence-corrected chi connectivity index (χ0v) is 13.2. The van der Waals surface area contributed by atoms with E-state index in [-0.39, 0.29) is 33.5 Å². The van der Waals surface area contributed by atoms with Gasteiger partial charge in [-0.05, 0) is 20.8 Å². The third kappa shape index (κ3) is 10.2. The first-order chi connectivity index (χ1) is 6.74. The van der Waals surface area contributed by atoms with Crippen molar-refractivity contribution in [1.29, 1.82) is 0 Å². The van der Waals surface area contributed by atoms with Gasteiger partial charge in [0.05, 0.1) is 12.5 Å². The molecule has 5 heteroatoms. The molecule has 1 unspecified atom stereocenters. The van der Waals surface area contributed by atoms with Gasteiger partial charge in [-0.15, -0.1) is 6.42 Å². The number of rotatable bonds is 4. The van der Waals surface area contributed by atoms with E-state index >= 15 is 0 Å². The summed E-state index contributed by atoms with van der Waals surface area (Å²) >= 11 is 0. The molecule has 0 aromatic heterocycles. The van der Waals surface area contributed by atoms with Crippen molar-refractivity contribution in [2.24, 2.45) is 0 Å². The van der Waals surface area contributed by atoms with Crippen LogP contribution in [0.2, 0.25) is 0 Å². The van der Waals surface area contributed by atoms with Crippen molar-refractivity contribution in [1.82, 2.24) is 0 Å². The van der Waals surface area contributed by atoms with Crippen LogP contribution in [0.1, 0.15) is 40.5 Å². The topological polar surface area (TPSA) is 52.6 Å². The van der Waals surface area contributed by atoms with E-state index in [1.807, 2.05) is 0 Å². The molecule has 0 spiro atoms. The molecule has 0 saturated carbocycles. The van der Waals surface area contributed by atoms with E-state index in [9.17, 15) is 9.59 Å². The Balaban J connectivity index is 0. The van der Waals surface area contributed by atoms with Crippen molar-refractivity contribution in [2.75, 3.05) is 0 Å². The van der Waals surface area contributed by atoms with Gasteiger partial charge in [-0.1, -0.05) is 0 Å². The minimum Gasteiger partial charge on any atom is -0.465 e. The predicted octanol–water partition coefficient (Wildman–Crippen LogP) is 1.87. The molecule has 0 rings (SSSR count). The molecule has 94 valence electrons. The molecule has 0 N–H and O–H groups in total. The van der Waals surface area contributed by atoms with Crippen molar-refractivity contribution in [2.45, 2.75) is 52.2 Å². The SMILES string of the molecule is [CH2-]CC(CC(=O)OC(C)(C)C)OC(C)=O.[W]. The summed E-state index contributed by atoms with van der Waals surface area (Å²) in [5, 5.41) is 0. The summed E-state index contributed by atoms with van der Waals surface area (Å²) in [5.74, 6) is -0.787. The van der Waals surface area contributed by atoms with Gasteiger partial charge in [-0.2, -0.15) is 0 Å². The molecule has 0 aliphatic heterocycles. The van der Waals surface area contributed by atoms with Crippen molar-refractivity contribution >= 4 is 11.9 Å². The molecular formula is C11H19O4W-. The maximum absolute atomic E-state index is 11.4. The van der Waals surface area contributed by atoms with Gasteiger partial charge in [0.2, 0.25) is 0 Å². The first-order valence-electron chi connectivity index (χ1n) is 4.93. The summed E-state index contributed by atoms with van der Waals surface area (Å²) in [6.07, 6.45) is -0.0727. The van der Waals surface area contributed by atoms with Gasteiger partial charge in [0.15, 0.2) is 0 Å². The first kappa shape index (κ1) is 18.0. The number of hydrogen-bond acceptors (Lipinski definition) is 4. The van der Waals surface area contributed by atoms with E-state index < -0.39 is 17.7 Å². The Labute approximate surface area is 111 Å². The van der Waals surface area contributed by atoms with Crippen LogP contribution in [0.4, 0.5) is 0 Å². The quantitative estimate of drug-likeness (QED) is 0.535. The number of hydrogen-bond donors (Lipinski definition) is 0. The third-order valence-electron chi connectivity index (χ3n) is 1.47. The molecule has 0 heterocycles. The van der Waals surface area contributed by atoms with Crippen LogP contribution < -0.4 is 0 Å². The van der Waals surface area contributed by atoms with E-state index in [1.165, 1.54) is 6.92 Å². The molecule has 0 saturated heterocycles. The monoisotopic (exact) mass is 399 g/mol. The molecule has 0 radical (unpaired) electrons. The summed E-state index contributed by atoms with van der Waals surface area (Å²) in [5.41, 5.74) is -0.515. The van der Waals surface area contributed by atoms with Crippen LogP contribution >= 0.6 is 0 Å². The van der Waals surface area contributed by atoms with Gasteiger partial charge in [0, 0.05) is 28.0 Å². The molecular weight excluding hydrogens is 380 g/mol. The molecule has 0 fully saturated rings. The Bertz CT molecular complexity index is 233. The van der Waals surface area contributed by atoms with Gasteiger partial charge >= 0.3 is 11.9 Å². The van der Waals surface area contributed by atoms with E-state index in [0.717, 1.165) is 0 Å². The van der Waals surface area contributed by atoms with E-state index in [0.29, 0.717) is 6.42 Å². The van der Waals surface area contributed by atoms with Crippen molar-refractivity contribution in [3.8, 4) is 0 Å². The maximum atomic E-state index is 11.4. The Hall–Kier alpha value is -0.372.